The third kappa shape index (κ3) is 75.9. The van der Waals surface area contributed by atoms with Crippen LogP contribution in [0.25, 0.3) is 0 Å². The fourth-order valence-corrected chi connectivity index (χ4v) is 8.58. The first-order valence-corrected chi connectivity index (χ1v) is 32.4. The van der Waals surface area contributed by atoms with Gasteiger partial charge in [-0.1, -0.05) is 284 Å². The van der Waals surface area contributed by atoms with E-state index in [2.05, 4.69) is 187 Å². The molecule has 0 aromatic rings. The third-order valence-electron chi connectivity index (χ3n) is 13.7. The maximum Gasteiger partial charge on any atom is -0.0169 e. The summed E-state index contributed by atoms with van der Waals surface area (Å²) in [6.45, 7) is 29.6. The number of allylic oxidation sites excluding steroid dienone is 20. The molecule has 0 radical (unpaired) electrons. The molecule has 0 bridgehead atoms. The lowest BCUT2D eigenvalue weighted by atomic mass is 10.0. The molecule has 74 heavy (non-hydrogen) atoms. The highest BCUT2D eigenvalue weighted by Crippen LogP contribution is 2.16. The van der Waals surface area contributed by atoms with E-state index in [4.69, 9.17) is 0 Å². The molecular weight excluding hydrogens is 889 g/mol. The Bertz CT molecular complexity index is 1420. The Hall–Kier alpha value is -2.60. The molecule has 0 aliphatic rings. The predicted octanol–water partition coefficient (Wildman–Crippen LogP) is 26.9. The molecule has 0 rings (SSSR count). The zero-order chi connectivity index (χ0) is 55.2. The largest absolute Gasteiger partial charge is 0.0885 e. The van der Waals surface area contributed by atoms with E-state index >= 15 is 0 Å². The van der Waals surface area contributed by atoms with Gasteiger partial charge in [0, 0.05) is 0 Å². The molecule has 0 heterocycles. The van der Waals surface area contributed by atoms with Crippen molar-refractivity contribution < 1.29 is 0 Å². The number of hydrogen-bond acceptors (Lipinski definition) is 0. The smallest absolute Gasteiger partial charge is 0.0169 e. The van der Waals surface area contributed by atoms with Crippen molar-refractivity contribution in [3.05, 3.63) is 120 Å². The van der Waals surface area contributed by atoms with E-state index in [1.165, 1.54) is 241 Å². The highest BCUT2D eigenvalue weighted by Gasteiger charge is 1.98. The van der Waals surface area contributed by atoms with Crippen molar-refractivity contribution in [2.75, 3.05) is 0 Å². The van der Waals surface area contributed by atoms with Crippen LogP contribution in [-0.2, 0) is 0 Å². The molecule has 0 aromatic heterocycles. The van der Waals surface area contributed by atoms with Crippen LogP contribution < -0.4 is 0 Å². The molecule has 0 saturated heterocycles. The summed E-state index contributed by atoms with van der Waals surface area (Å²) in [6.07, 6.45) is 87.5. The van der Waals surface area contributed by atoms with Crippen LogP contribution in [-0.4, -0.2) is 0 Å². The van der Waals surface area contributed by atoms with E-state index in [0.29, 0.717) is 0 Å². The summed E-state index contributed by atoms with van der Waals surface area (Å²) in [5.74, 6) is 2.54. The monoisotopic (exact) mass is 1020 g/mol. The Labute approximate surface area is 468 Å². The summed E-state index contributed by atoms with van der Waals surface area (Å²) in [7, 11) is 0. The van der Waals surface area contributed by atoms with Gasteiger partial charge in [0.25, 0.3) is 0 Å². The minimum absolute atomic E-state index is 0.811. The van der Waals surface area contributed by atoms with Crippen LogP contribution in [0.2, 0.25) is 0 Å². The van der Waals surface area contributed by atoms with E-state index in [-0.39, 0.29) is 0 Å². The van der Waals surface area contributed by atoms with E-state index in [1.807, 2.05) is 0 Å². The molecular formula is C74H134. The van der Waals surface area contributed by atoms with Crippen LogP contribution in [0.1, 0.15) is 334 Å². The van der Waals surface area contributed by atoms with Crippen LogP contribution in [0.3, 0.4) is 0 Å². The second-order valence-corrected chi connectivity index (χ2v) is 23.7. The van der Waals surface area contributed by atoms with Crippen molar-refractivity contribution in [2.24, 2.45) is 17.8 Å². The molecule has 0 amide bonds. The van der Waals surface area contributed by atoms with Gasteiger partial charge in [0.15, 0.2) is 0 Å². The average Bonchev–Trinajstić information content (AvgIpc) is 3.36. The Morgan fingerprint density at radius 3 is 1.03 bits per heavy atom. The highest BCUT2D eigenvalue weighted by molar-refractivity contribution is 5.05. The van der Waals surface area contributed by atoms with E-state index < -0.39 is 0 Å². The van der Waals surface area contributed by atoms with E-state index in [0.717, 1.165) is 37.0 Å². The van der Waals surface area contributed by atoms with Gasteiger partial charge in [0.05, 0.1) is 0 Å². The van der Waals surface area contributed by atoms with Crippen molar-refractivity contribution in [3.8, 4) is 0 Å². The molecule has 0 saturated carbocycles. The molecule has 0 fully saturated rings. The van der Waals surface area contributed by atoms with Crippen LogP contribution >= 0.6 is 0 Å². The fraction of sp³-hybridized carbons (Fsp3) is 0.730. The van der Waals surface area contributed by atoms with Crippen LogP contribution in [0, 0.1) is 17.8 Å². The van der Waals surface area contributed by atoms with Crippen molar-refractivity contribution in [2.45, 2.75) is 334 Å². The van der Waals surface area contributed by atoms with Gasteiger partial charge in [0.1, 0.15) is 0 Å². The van der Waals surface area contributed by atoms with Crippen LogP contribution in [0.4, 0.5) is 0 Å². The van der Waals surface area contributed by atoms with E-state index in [9.17, 15) is 0 Å². The highest BCUT2D eigenvalue weighted by atomic mass is 14.0. The predicted molar refractivity (Wildman–Crippen MR) is 347 cm³/mol. The standard InChI is InChI=1S/C28H48.C24H48.C22H38/c1-24(2)16-15-21-27(6)18-12-10-8-9-11-17-26(5)19-13-14-20-28(7)23-22-25(3)4;1-4-5-6-7-8-9-10-11-12-13-14-15-16-17-18-19-20-21-22-23-24(2)3;1-4-5-6-7-8-9-10-11-12-13-14-15-16-17-18-19-20-21-22(2)3/h8-9,16,18-20,25H,10-15,17,21-23H2,1-7H3;11-12,24H,4-10,13-23H2,1-3H3;8-9,11-12,14-15,17-18,22H,4-7,10,13,16,19-21H2,1-3H3/b9-8-,26-19+,27-18-,28-20+;12-11-;9-8+,12-11+,15-14+,18-17-. The van der Waals surface area contributed by atoms with Gasteiger partial charge in [-0.3, -0.25) is 0 Å². The molecule has 0 aliphatic carbocycles. The minimum atomic E-state index is 0.811. The van der Waals surface area contributed by atoms with Gasteiger partial charge in [-0.05, 0) is 187 Å². The number of unbranched alkanes of at least 4 members (excludes halogenated alkanes) is 21. The lowest BCUT2D eigenvalue weighted by Gasteiger charge is -2.04. The normalized spacial score (nSPS) is 12.8. The first-order chi connectivity index (χ1) is 35.8. The zero-order valence-electron chi connectivity index (χ0n) is 52.8. The molecule has 0 atom stereocenters. The SMILES string of the molecule is CC(C)=CCC/C(C)=C\CC/C=C\CC/C(C)=C/CC/C=C(\C)CCC(C)C.CCCCC/C=C/C/C=C/C/C=C/C/C=C\CCCC(C)C.CCCCCCCC/C=C\CCCCCCCCCCCC(C)C. The quantitative estimate of drug-likeness (QED) is 0.0421. The second-order valence-electron chi connectivity index (χ2n) is 23.7. The van der Waals surface area contributed by atoms with Crippen molar-refractivity contribution in [1.29, 1.82) is 0 Å². The Kier molecular flexibility index (Phi) is 66.1. The molecule has 0 N–H and O–H groups in total. The van der Waals surface area contributed by atoms with Gasteiger partial charge in [-0.25, -0.2) is 0 Å². The first kappa shape index (κ1) is 75.6. The topological polar surface area (TPSA) is 0 Å². The van der Waals surface area contributed by atoms with Gasteiger partial charge >= 0.3 is 0 Å². The van der Waals surface area contributed by atoms with Crippen molar-refractivity contribution >= 4 is 0 Å². The molecule has 430 valence electrons. The van der Waals surface area contributed by atoms with Crippen molar-refractivity contribution in [3.63, 3.8) is 0 Å². The van der Waals surface area contributed by atoms with Gasteiger partial charge in [-0.15, -0.1) is 0 Å². The second kappa shape index (κ2) is 64.7. The zero-order valence-corrected chi connectivity index (χ0v) is 52.8. The lowest BCUT2D eigenvalue weighted by molar-refractivity contribution is 0.506. The molecule has 0 heteroatoms. The minimum Gasteiger partial charge on any atom is -0.0885 e. The Morgan fingerprint density at radius 1 is 0.257 bits per heavy atom. The molecule has 0 spiro atoms. The summed E-state index contributed by atoms with van der Waals surface area (Å²) < 4.78 is 0. The Morgan fingerprint density at radius 2 is 0.568 bits per heavy atom. The summed E-state index contributed by atoms with van der Waals surface area (Å²) >= 11 is 0. The van der Waals surface area contributed by atoms with Gasteiger partial charge < -0.3 is 0 Å². The molecule has 0 unspecified atom stereocenters. The summed E-state index contributed by atoms with van der Waals surface area (Å²) in [6, 6.07) is 0. The Balaban J connectivity index is -0.00000103. The molecule has 0 aliphatic heterocycles. The van der Waals surface area contributed by atoms with Gasteiger partial charge in [-0.2, -0.15) is 0 Å². The van der Waals surface area contributed by atoms with E-state index in [1.54, 1.807) is 5.57 Å². The van der Waals surface area contributed by atoms with Crippen molar-refractivity contribution in [1.82, 2.24) is 0 Å². The lowest BCUT2D eigenvalue weighted by Crippen LogP contribution is -1.87. The maximum absolute atomic E-state index is 2.43. The first-order valence-electron chi connectivity index (χ1n) is 32.4. The molecule has 0 aromatic carbocycles. The van der Waals surface area contributed by atoms with Crippen LogP contribution in [0.15, 0.2) is 120 Å². The number of rotatable bonds is 48. The summed E-state index contributed by atoms with van der Waals surface area (Å²) in [5.41, 5.74) is 6.04. The summed E-state index contributed by atoms with van der Waals surface area (Å²) in [5, 5.41) is 0. The third-order valence-corrected chi connectivity index (χ3v) is 13.7. The fourth-order valence-electron chi connectivity index (χ4n) is 8.58. The maximum atomic E-state index is 2.43. The summed E-state index contributed by atoms with van der Waals surface area (Å²) in [4.78, 5) is 0. The average molecular weight is 1020 g/mol. The number of hydrogen-bond donors (Lipinski definition) is 0. The van der Waals surface area contributed by atoms with Gasteiger partial charge in [0.2, 0.25) is 0 Å². The van der Waals surface area contributed by atoms with Crippen LogP contribution in [0.5, 0.6) is 0 Å². The molecule has 0 nitrogen and oxygen atoms in total.